The highest BCUT2D eigenvalue weighted by Crippen LogP contribution is 2.24. The Labute approximate surface area is 93.6 Å². The van der Waals surface area contributed by atoms with Crippen molar-refractivity contribution in [2.75, 3.05) is 13.9 Å². The fourth-order valence-electron chi connectivity index (χ4n) is 1.62. The summed E-state index contributed by atoms with van der Waals surface area (Å²) in [6, 6.07) is 11.3. The molecule has 0 aliphatic carbocycles. The average Bonchev–Trinajstić information content (AvgIpc) is 2.35. The molecule has 0 heterocycles. The highest BCUT2D eigenvalue weighted by Gasteiger charge is 2.03. The monoisotopic (exact) mass is 216 g/mol. The van der Waals surface area contributed by atoms with E-state index in [0.29, 0.717) is 11.3 Å². The molecule has 0 aliphatic heterocycles. The predicted molar refractivity (Wildman–Crippen MR) is 61.8 cm³/mol. The van der Waals surface area contributed by atoms with Crippen LogP contribution in [0.3, 0.4) is 0 Å². The van der Waals surface area contributed by atoms with Gasteiger partial charge in [-0.15, -0.1) is 0 Å². The normalized spacial score (nSPS) is 10.3. The number of carbonyl (C=O) groups excluding carboxylic acids is 1. The highest BCUT2D eigenvalue weighted by atomic mass is 16.7. The van der Waals surface area contributed by atoms with E-state index in [1.165, 1.54) is 0 Å². The lowest BCUT2D eigenvalue weighted by atomic mass is 10.1. The molecule has 16 heavy (non-hydrogen) atoms. The Balaban J connectivity index is 2.50. The van der Waals surface area contributed by atoms with Gasteiger partial charge >= 0.3 is 0 Å². The molecule has 2 aromatic rings. The Kier molecular flexibility index (Phi) is 3.17. The van der Waals surface area contributed by atoms with E-state index < -0.39 is 0 Å². The minimum atomic E-state index is 0.177. The lowest BCUT2D eigenvalue weighted by molar-refractivity contribution is 0.0511. The van der Waals surface area contributed by atoms with E-state index in [0.717, 1.165) is 17.1 Å². The van der Waals surface area contributed by atoms with Crippen molar-refractivity contribution in [1.29, 1.82) is 0 Å². The summed E-state index contributed by atoms with van der Waals surface area (Å²) < 4.78 is 10.1. The zero-order valence-electron chi connectivity index (χ0n) is 8.97. The van der Waals surface area contributed by atoms with Gasteiger partial charge in [-0.3, -0.25) is 4.79 Å². The fourth-order valence-corrected chi connectivity index (χ4v) is 1.62. The van der Waals surface area contributed by atoms with Gasteiger partial charge in [0.1, 0.15) is 5.75 Å². The number of benzene rings is 2. The van der Waals surface area contributed by atoms with Crippen molar-refractivity contribution in [2.24, 2.45) is 0 Å². The molecule has 0 amide bonds. The van der Waals surface area contributed by atoms with Gasteiger partial charge in [-0.05, 0) is 22.9 Å². The van der Waals surface area contributed by atoms with Crippen molar-refractivity contribution < 1.29 is 14.3 Å². The minimum Gasteiger partial charge on any atom is -0.468 e. The SMILES string of the molecule is COCOc1cc(C=O)c2ccccc2c1. The first-order valence-corrected chi connectivity index (χ1v) is 4.95. The molecule has 2 rings (SSSR count). The third-order valence-electron chi connectivity index (χ3n) is 2.34. The fraction of sp³-hybridized carbons (Fsp3) is 0.154. The van der Waals surface area contributed by atoms with Crippen LogP contribution in [0.2, 0.25) is 0 Å². The summed E-state index contributed by atoms with van der Waals surface area (Å²) in [7, 11) is 1.56. The van der Waals surface area contributed by atoms with Crippen molar-refractivity contribution in [3.63, 3.8) is 0 Å². The van der Waals surface area contributed by atoms with Gasteiger partial charge in [-0.25, -0.2) is 0 Å². The van der Waals surface area contributed by atoms with Crippen LogP contribution in [0.5, 0.6) is 5.75 Å². The Morgan fingerprint density at radius 3 is 2.81 bits per heavy atom. The summed E-state index contributed by atoms with van der Waals surface area (Å²) in [5.41, 5.74) is 0.629. The van der Waals surface area contributed by atoms with Crippen molar-refractivity contribution >= 4 is 17.1 Å². The summed E-state index contributed by atoms with van der Waals surface area (Å²) in [5.74, 6) is 0.641. The van der Waals surface area contributed by atoms with Crippen LogP contribution in [0.15, 0.2) is 36.4 Å². The molecule has 2 aromatic carbocycles. The number of hydrogen-bond donors (Lipinski definition) is 0. The molecular weight excluding hydrogens is 204 g/mol. The van der Waals surface area contributed by atoms with E-state index in [1.54, 1.807) is 13.2 Å². The molecule has 0 saturated heterocycles. The standard InChI is InChI=1S/C13H12O3/c1-15-9-16-12-6-10-4-2-3-5-13(10)11(7-12)8-14/h2-8H,9H2,1H3. The molecule has 0 N–H and O–H groups in total. The third-order valence-corrected chi connectivity index (χ3v) is 2.34. The molecule has 0 spiro atoms. The van der Waals surface area contributed by atoms with Crippen LogP contribution in [0.4, 0.5) is 0 Å². The maximum atomic E-state index is 11.0. The van der Waals surface area contributed by atoms with Crippen molar-refractivity contribution in [3.8, 4) is 5.75 Å². The zero-order valence-corrected chi connectivity index (χ0v) is 8.97. The average molecular weight is 216 g/mol. The van der Waals surface area contributed by atoms with Gasteiger partial charge in [0.15, 0.2) is 13.1 Å². The summed E-state index contributed by atoms with van der Waals surface area (Å²) in [6.45, 7) is 0.177. The number of ether oxygens (including phenoxy) is 2. The number of rotatable bonds is 4. The number of carbonyl (C=O) groups is 1. The van der Waals surface area contributed by atoms with Gasteiger partial charge in [0.25, 0.3) is 0 Å². The Bertz CT molecular complexity index is 506. The maximum absolute atomic E-state index is 11.0. The maximum Gasteiger partial charge on any atom is 0.188 e. The van der Waals surface area contributed by atoms with Crippen LogP contribution in [-0.4, -0.2) is 20.2 Å². The van der Waals surface area contributed by atoms with E-state index in [-0.39, 0.29) is 6.79 Å². The van der Waals surface area contributed by atoms with Crippen LogP contribution in [-0.2, 0) is 4.74 Å². The van der Waals surface area contributed by atoms with Gasteiger partial charge < -0.3 is 9.47 Å². The van der Waals surface area contributed by atoms with Gasteiger partial charge in [0.2, 0.25) is 0 Å². The quantitative estimate of drug-likeness (QED) is 0.582. The second kappa shape index (κ2) is 4.77. The van der Waals surface area contributed by atoms with Gasteiger partial charge in [0, 0.05) is 12.7 Å². The van der Waals surface area contributed by atoms with Crippen LogP contribution >= 0.6 is 0 Å². The molecule has 0 radical (unpaired) electrons. The van der Waals surface area contributed by atoms with Crippen LogP contribution in [0, 0.1) is 0 Å². The summed E-state index contributed by atoms with van der Waals surface area (Å²) >= 11 is 0. The molecule has 0 saturated carbocycles. The molecule has 3 nitrogen and oxygen atoms in total. The molecule has 0 aliphatic rings. The second-order valence-electron chi connectivity index (χ2n) is 3.40. The van der Waals surface area contributed by atoms with Crippen molar-refractivity contribution in [1.82, 2.24) is 0 Å². The number of hydrogen-bond acceptors (Lipinski definition) is 3. The second-order valence-corrected chi connectivity index (χ2v) is 3.40. The van der Waals surface area contributed by atoms with Crippen molar-refractivity contribution in [2.45, 2.75) is 0 Å². The molecule has 0 unspecified atom stereocenters. The number of methoxy groups -OCH3 is 1. The Morgan fingerprint density at radius 2 is 2.06 bits per heavy atom. The summed E-state index contributed by atoms with van der Waals surface area (Å²) in [4.78, 5) is 11.0. The van der Waals surface area contributed by atoms with Crippen LogP contribution in [0.25, 0.3) is 10.8 Å². The largest absolute Gasteiger partial charge is 0.468 e. The molecule has 82 valence electrons. The first-order chi connectivity index (χ1) is 7.85. The van der Waals surface area contributed by atoms with Gasteiger partial charge in [-0.1, -0.05) is 24.3 Å². The molecule has 0 atom stereocenters. The molecule has 0 aromatic heterocycles. The lowest BCUT2D eigenvalue weighted by Crippen LogP contribution is -1.99. The first kappa shape index (κ1) is 10.6. The predicted octanol–water partition coefficient (Wildman–Crippen LogP) is 2.64. The van der Waals surface area contributed by atoms with E-state index in [9.17, 15) is 4.79 Å². The van der Waals surface area contributed by atoms with E-state index >= 15 is 0 Å². The Hall–Kier alpha value is -1.87. The van der Waals surface area contributed by atoms with Gasteiger partial charge in [-0.2, -0.15) is 0 Å². The van der Waals surface area contributed by atoms with E-state index in [1.807, 2.05) is 30.3 Å². The van der Waals surface area contributed by atoms with Crippen LogP contribution in [0.1, 0.15) is 10.4 Å². The van der Waals surface area contributed by atoms with Gasteiger partial charge in [0.05, 0.1) is 0 Å². The smallest absolute Gasteiger partial charge is 0.188 e. The summed E-state index contributed by atoms with van der Waals surface area (Å²) in [5, 5.41) is 1.92. The first-order valence-electron chi connectivity index (χ1n) is 4.95. The Morgan fingerprint density at radius 1 is 1.25 bits per heavy atom. The molecule has 0 fully saturated rings. The van der Waals surface area contributed by atoms with Crippen LogP contribution < -0.4 is 4.74 Å². The van der Waals surface area contributed by atoms with E-state index in [2.05, 4.69) is 0 Å². The lowest BCUT2D eigenvalue weighted by Gasteiger charge is -2.07. The highest BCUT2D eigenvalue weighted by molar-refractivity contribution is 5.99. The summed E-state index contributed by atoms with van der Waals surface area (Å²) in [6.07, 6.45) is 0.835. The molecular formula is C13H12O3. The third kappa shape index (κ3) is 2.04. The minimum absolute atomic E-state index is 0.177. The van der Waals surface area contributed by atoms with E-state index in [4.69, 9.17) is 9.47 Å². The number of aldehydes is 1. The van der Waals surface area contributed by atoms with Crippen molar-refractivity contribution in [3.05, 3.63) is 42.0 Å². The number of fused-ring (bicyclic) bond motifs is 1. The molecule has 3 heteroatoms. The molecule has 0 bridgehead atoms. The topological polar surface area (TPSA) is 35.5 Å². The zero-order chi connectivity index (χ0) is 11.4.